The van der Waals surface area contributed by atoms with Crippen LogP contribution in [0.5, 0.6) is 0 Å². The van der Waals surface area contributed by atoms with E-state index in [2.05, 4.69) is 0 Å². The van der Waals surface area contributed by atoms with E-state index in [1.54, 1.807) is 0 Å². The minimum atomic E-state index is -8.37. The van der Waals surface area contributed by atoms with E-state index in [4.69, 9.17) is 0 Å². The molecule has 0 atom stereocenters. The van der Waals surface area contributed by atoms with E-state index in [1.807, 2.05) is 0 Å². The SMILES string of the molecule is OC1(C(F)(F)F)c2cc3ccccc3cc2C(O)(C(F)(F)C(F)(F)C(F)(F)C(F)(F)C(F)(F)C(F)(F)F)c2cc3ccccc3cc21. The molecule has 0 aromatic heterocycles. The average Bonchev–Trinajstić information content (AvgIpc) is 2.96. The lowest BCUT2D eigenvalue weighted by atomic mass is 9.62. The van der Waals surface area contributed by atoms with E-state index in [1.165, 1.54) is 0 Å². The van der Waals surface area contributed by atoms with Gasteiger partial charge in [-0.1, -0.05) is 48.5 Å². The lowest BCUT2D eigenvalue weighted by Crippen LogP contribution is -2.73. The van der Waals surface area contributed by atoms with Crippen LogP contribution in [-0.2, 0) is 11.2 Å². The maximum Gasteiger partial charge on any atom is 0.460 e. The summed E-state index contributed by atoms with van der Waals surface area (Å²) in [6.45, 7) is 0. The molecule has 0 heterocycles. The number of hydrogen-bond acceptors (Lipinski definition) is 2. The zero-order valence-corrected chi connectivity index (χ0v) is 22.4. The minimum absolute atomic E-state index is 0.101. The van der Waals surface area contributed by atoms with Crippen molar-refractivity contribution in [2.45, 2.75) is 53.2 Å². The molecule has 47 heavy (non-hydrogen) atoms. The van der Waals surface area contributed by atoms with Crippen molar-refractivity contribution in [3.63, 3.8) is 0 Å². The third-order valence-corrected chi connectivity index (χ3v) is 8.13. The molecule has 0 bridgehead atoms. The molecule has 2 nitrogen and oxygen atoms in total. The van der Waals surface area contributed by atoms with Gasteiger partial charge in [-0.05, 0) is 45.8 Å². The van der Waals surface area contributed by atoms with Gasteiger partial charge in [-0.25, -0.2) is 0 Å². The predicted octanol–water partition coefficient (Wildman–Crippen LogP) is 9.08. The van der Waals surface area contributed by atoms with Crippen molar-refractivity contribution >= 4 is 21.5 Å². The summed E-state index contributed by atoms with van der Waals surface area (Å²) in [6.07, 6.45) is -13.7. The molecular formula is C29H14F16O2. The molecule has 5 rings (SSSR count). The van der Waals surface area contributed by atoms with E-state index in [0.717, 1.165) is 48.5 Å². The van der Waals surface area contributed by atoms with Crippen LogP contribution in [0.4, 0.5) is 70.2 Å². The van der Waals surface area contributed by atoms with Crippen molar-refractivity contribution in [1.82, 2.24) is 0 Å². The van der Waals surface area contributed by atoms with Gasteiger partial charge in [0.2, 0.25) is 5.60 Å². The van der Waals surface area contributed by atoms with Gasteiger partial charge >= 0.3 is 42.0 Å². The molecule has 0 aliphatic heterocycles. The van der Waals surface area contributed by atoms with Crippen LogP contribution in [-0.4, -0.2) is 52.2 Å². The second-order valence-corrected chi connectivity index (χ2v) is 10.8. The van der Waals surface area contributed by atoms with Gasteiger partial charge in [-0.3, -0.25) is 0 Å². The van der Waals surface area contributed by atoms with Crippen LogP contribution >= 0.6 is 0 Å². The Kier molecular flexibility index (Phi) is 7.08. The second-order valence-electron chi connectivity index (χ2n) is 10.8. The van der Waals surface area contributed by atoms with Crippen LogP contribution in [0.25, 0.3) is 21.5 Å². The molecule has 4 aromatic carbocycles. The maximum absolute atomic E-state index is 16.2. The molecule has 0 fully saturated rings. The molecule has 0 spiro atoms. The first-order valence-corrected chi connectivity index (χ1v) is 12.7. The first kappa shape index (κ1) is 34.5. The average molecular weight is 698 g/mol. The van der Waals surface area contributed by atoms with Crippen molar-refractivity contribution in [2.24, 2.45) is 0 Å². The molecular weight excluding hydrogens is 684 g/mol. The van der Waals surface area contributed by atoms with E-state index in [0.29, 0.717) is 0 Å². The molecule has 0 amide bonds. The molecule has 254 valence electrons. The fourth-order valence-electron chi connectivity index (χ4n) is 5.61. The van der Waals surface area contributed by atoms with E-state index >= 15 is 17.6 Å². The van der Waals surface area contributed by atoms with Gasteiger partial charge in [-0.2, -0.15) is 70.2 Å². The predicted molar refractivity (Wildman–Crippen MR) is 131 cm³/mol. The molecule has 4 aromatic rings. The summed E-state index contributed by atoms with van der Waals surface area (Å²) in [7, 11) is 0. The summed E-state index contributed by atoms with van der Waals surface area (Å²) < 4.78 is 230. The highest BCUT2D eigenvalue weighted by Gasteiger charge is 2.93. The maximum atomic E-state index is 16.2. The van der Waals surface area contributed by atoms with Crippen LogP contribution in [0, 0.1) is 0 Å². The van der Waals surface area contributed by atoms with E-state index in [9.17, 15) is 62.9 Å². The zero-order chi connectivity index (χ0) is 35.6. The summed E-state index contributed by atoms with van der Waals surface area (Å²) in [5.74, 6) is -40.3. The Labute approximate surface area is 250 Å². The van der Waals surface area contributed by atoms with Gasteiger partial charge in [0, 0.05) is 22.3 Å². The molecule has 18 heteroatoms. The number of aliphatic hydroxyl groups is 2. The summed E-state index contributed by atoms with van der Waals surface area (Å²) in [5, 5.41) is 21.1. The highest BCUT2D eigenvalue weighted by atomic mass is 19.4. The number of fused-ring (bicyclic) bond motifs is 4. The minimum Gasteiger partial charge on any atom is -0.374 e. The molecule has 1 aliphatic carbocycles. The monoisotopic (exact) mass is 698 g/mol. The van der Waals surface area contributed by atoms with Crippen LogP contribution in [0.15, 0.2) is 72.8 Å². The van der Waals surface area contributed by atoms with Crippen molar-refractivity contribution in [3.05, 3.63) is 95.1 Å². The molecule has 0 saturated carbocycles. The second kappa shape index (κ2) is 9.64. The third-order valence-electron chi connectivity index (χ3n) is 8.13. The summed E-state index contributed by atoms with van der Waals surface area (Å²) in [6, 6.07) is 9.04. The van der Waals surface area contributed by atoms with Crippen LogP contribution < -0.4 is 0 Å². The van der Waals surface area contributed by atoms with Crippen molar-refractivity contribution in [3.8, 4) is 0 Å². The number of rotatable bonds is 5. The Hall–Kier alpha value is -3.80. The van der Waals surface area contributed by atoms with Crippen LogP contribution in [0.3, 0.4) is 0 Å². The van der Waals surface area contributed by atoms with Gasteiger partial charge in [-0.15, -0.1) is 0 Å². The molecule has 0 saturated heterocycles. The number of benzene rings is 4. The Bertz CT molecular complexity index is 1800. The van der Waals surface area contributed by atoms with Crippen LogP contribution in [0.1, 0.15) is 22.3 Å². The third kappa shape index (κ3) is 4.09. The van der Waals surface area contributed by atoms with Gasteiger partial charge in [0.1, 0.15) is 0 Å². The fraction of sp³-hybridized carbons (Fsp3) is 0.310. The van der Waals surface area contributed by atoms with Crippen molar-refractivity contribution in [1.29, 1.82) is 0 Å². The lowest BCUT2D eigenvalue weighted by molar-refractivity contribution is -0.449. The molecule has 0 unspecified atom stereocenters. The topological polar surface area (TPSA) is 40.5 Å². The Morgan fingerprint density at radius 2 is 0.660 bits per heavy atom. The zero-order valence-electron chi connectivity index (χ0n) is 22.4. The molecule has 2 N–H and O–H groups in total. The Morgan fingerprint density at radius 1 is 0.383 bits per heavy atom. The van der Waals surface area contributed by atoms with Gasteiger partial charge in [0.25, 0.3) is 0 Å². The largest absolute Gasteiger partial charge is 0.460 e. The summed E-state index contributed by atoms with van der Waals surface area (Å²) >= 11 is 0. The van der Waals surface area contributed by atoms with Crippen molar-refractivity contribution in [2.75, 3.05) is 0 Å². The molecule has 0 radical (unpaired) electrons. The molecule has 1 aliphatic rings. The fourth-order valence-corrected chi connectivity index (χ4v) is 5.61. The van der Waals surface area contributed by atoms with Gasteiger partial charge < -0.3 is 10.2 Å². The van der Waals surface area contributed by atoms with Crippen LogP contribution in [0.2, 0.25) is 0 Å². The first-order chi connectivity index (χ1) is 21.1. The lowest BCUT2D eigenvalue weighted by Gasteiger charge is -2.50. The highest BCUT2D eigenvalue weighted by molar-refractivity contribution is 5.89. The number of halogens is 16. The van der Waals surface area contributed by atoms with E-state index in [-0.39, 0.29) is 35.0 Å². The smallest absolute Gasteiger partial charge is 0.374 e. The highest BCUT2D eigenvalue weighted by Crippen LogP contribution is 2.67. The number of alkyl halides is 16. The van der Waals surface area contributed by atoms with E-state index < -0.39 is 86.2 Å². The van der Waals surface area contributed by atoms with Crippen molar-refractivity contribution < 1.29 is 80.5 Å². The van der Waals surface area contributed by atoms with Gasteiger partial charge in [0.15, 0.2) is 5.60 Å². The van der Waals surface area contributed by atoms with Gasteiger partial charge in [0.05, 0.1) is 0 Å². The standard InChI is InChI=1S/C29H14F16O2/c30-23(31,24(32,33)25(34,35)26(36,37)27(38,39)29(43,44)45)21(46)17-9-13-5-1-3-7-15(13)11-19(17)22(47,28(40,41)42)20-12-16-8-4-2-6-14(16)10-18(20)21/h1-12,46-47H. The quantitative estimate of drug-likeness (QED) is 0.204. The Balaban J connectivity index is 1.95. The summed E-state index contributed by atoms with van der Waals surface area (Å²) in [5.41, 5.74) is -18.0. The normalized spacial score (nSPS) is 21.6. The first-order valence-electron chi connectivity index (χ1n) is 12.7. The summed E-state index contributed by atoms with van der Waals surface area (Å²) in [4.78, 5) is 0. The number of hydrogen-bond donors (Lipinski definition) is 2. The Morgan fingerprint density at radius 3 is 0.936 bits per heavy atom.